The van der Waals surface area contributed by atoms with Crippen LogP contribution in [0.15, 0.2) is 505 Å². The summed E-state index contributed by atoms with van der Waals surface area (Å²) in [6.07, 6.45) is 21.6. The number of nitrogens with zero attached hydrogens (tertiary/aromatic N) is 11. The van der Waals surface area contributed by atoms with Gasteiger partial charge in [-0.25, -0.2) is 4.57 Å². The molecule has 0 bridgehead atoms. The van der Waals surface area contributed by atoms with Crippen LogP contribution in [0.4, 0.5) is 11.4 Å². The van der Waals surface area contributed by atoms with Crippen LogP contribution in [-0.4, -0.2) is 11.1 Å². The van der Waals surface area contributed by atoms with E-state index in [2.05, 4.69) is 517 Å². The predicted molar refractivity (Wildman–Crippen MR) is 552 cm³/mol. The lowest BCUT2D eigenvalue weighted by molar-refractivity contribution is -0.955. The number of benzene rings is 13. The number of aryl methyl sites for hydroxylation is 3. The van der Waals surface area contributed by atoms with Crippen molar-refractivity contribution in [3.05, 3.63) is 572 Å². The van der Waals surface area contributed by atoms with Crippen molar-refractivity contribution in [1.82, 2.24) is 4.98 Å². The molecule has 13 aromatic carbocycles. The van der Waals surface area contributed by atoms with Crippen LogP contribution in [0.25, 0.3) is 124 Å². The summed E-state index contributed by atoms with van der Waals surface area (Å²) in [6, 6.07) is 143. The topological polar surface area (TPSA) is 50.4 Å². The summed E-state index contributed by atoms with van der Waals surface area (Å²) in [4.78, 5) is 9.42. The van der Waals surface area contributed by atoms with E-state index in [1.165, 1.54) is 180 Å². The van der Waals surface area contributed by atoms with Crippen molar-refractivity contribution in [2.24, 2.45) is 0 Å². The van der Waals surface area contributed by atoms with Crippen LogP contribution in [0.1, 0.15) is 76.5 Å². The number of fused-ring (bicyclic) bond motifs is 39. The van der Waals surface area contributed by atoms with Crippen LogP contribution in [0.5, 0.6) is 0 Å². The van der Waals surface area contributed by atoms with Crippen LogP contribution >= 0.6 is 0 Å². The van der Waals surface area contributed by atoms with Crippen LogP contribution < -0.4 is 46.3 Å². The molecule has 4 unspecified atom stereocenters. The third kappa shape index (κ3) is 12.9. The van der Waals surface area contributed by atoms with Crippen LogP contribution in [-0.2, 0) is 36.5 Å². The fraction of sp³-hybridized carbons (Fsp3) is 0.0775. The Morgan fingerprint density at radius 3 is 1.41 bits per heavy atom. The highest BCUT2D eigenvalue weighted by molar-refractivity contribution is 5.83. The second-order valence-electron chi connectivity index (χ2n) is 37.0. The van der Waals surface area contributed by atoms with Gasteiger partial charge in [0.1, 0.15) is 28.8 Å². The molecule has 11 heteroatoms. The van der Waals surface area contributed by atoms with Gasteiger partial charge in [0.15, 0.2) is 68.3 Å². The van der Waals surface area contributed by atoms with E-state index in [1.54, 1.807) is 4.57 Å². The molecule has 0 radical (unpaired) electrons. The van der Waals surface area contributed by atoms with Crippen molar-refractivity contribution in [2.75, 3.05) is 9.80 Å². The Hall–Kier alpha value is -17.7. The molecule has 0 saturated carbocycles. The minimum Gasteiger partial charge on any atom is -0.319 e. The molecule has 140 heavy (non-hydrogen) atoms. The normalized spacial score (nSPS) is 17.2. The van der Waals surface area contributed by atoms with Crippen molar-refractivity contribution in [1.29, 1.82) is 0 Å². The summed E-state index contributed by atoms with van der Waals surface area (Å²) < 4.78 is 73.0. The van der Waals surface area contributed by atoms with Gasteiger partial charge in [-0.15, -0.1) is 18.3 Å². The fourth-order valence-corrected chi connectivity index (χ4v) is 23.6. The van der Waals surface area contributed by atoms with Crippen LogP contribution in [0.3, 0.4) is 0 Å². The average Bonchev–Trinajstić information content (AvgIpc) is 1.46. The molecule has 4 atom stereocenters. The van der Waals surface area contributed by atoms with Gasteiger partial charge in [0.25, 0.3) is 5.54 Å². The van der Waals surface area contributed by atoms with Crippen molar-refractivity contribution in [3.63, 3.8) is 0 Å². The Morgan fingerprint density at radius 1 is 0.271 bits per heavy atom. The van der Waals surface area contributed by atoms with E-state index in [4.69, 9.17) is 9.60 Å². The van der Waals surface area contributed by atoms with E-state index in [1.807, 2.05) is 6.92 Å². The Kier molecular flexibility index (Phi) is 18.2. The molecule has 10 aliphatic rings. The molecule has 11 nitrogen and oxygen atoms in total. The molecule has 0 amide bonds. The van der Waals surface area contributed by atoms with E-state index in [0.717, 1.165) is 24.6 Å². The van der Waals surface area contributed by atoms with Crippen LogP contribution in [0, 0.1) is 20.8 Å². The minimum atomic E-state index is -0.434. The maximum absolute atomic E-state index is 7.97. The monoisotopic (exact) mass is 1810 g/mol. The van der Waals surface area contributed by atoms with E-state index in [-0.39, 0.29) is 71.8 Å². The Bertz CT molecular complexity index is 8890. The molecule has 31 rings (SSSR count). The molecular formula is C129H99N11+8. The molecule has 8 aromatic heterocycles. The van der Waals surface area contributed by atoms with E-state index < -0.39 is 11.3 Å². The third-order valence-electron chi connectivity index (χ3n) is 29.5. The first-order valence-corrected chi connectivity index (χ1v) is 48.0. The van der Waals surface area contributed by atoms with E-state index in [9.17, 15) is 0 Å². The molecule has 662 valence electrons. The van der Waals surface area contributed by atoms with Gasteiger partial charge in [0.2, 0.25) is 39.9 Å². The smallest absolute Gasteiger partial charge is 0.319 e. The minimum absolute atomic E-state index is 0.0899. The summed E-state index contributed by atoms with van der Waals surface area (Å²) in [5.41, 5.74) is 41.0. The summed E-state index contributed by atoms with van der Waals surface area (Å²) in [6.45, 7) is 8.58. The second kappa shape index (κ2) is 33.7. The van der Waals surface area contributed by atoms with Gasteiger partial charge in [0, 0.05) is 137 Å². The number of hydrogen-bond donors (Lipinski definition) is 0. The van der Waals surface area contributed by atoms with E-state index >= 15 is 0 Å². The highest BCUT2D eigenvalue weighted by Crippen LogP contribution is 2.57. The maximum atomic E-state index is 7.97. The molecular weight excluding hydrogens is 1700 g/mol. The lowest BCUT2D eigenvalue weighted by Crippen LogP contribution is -2.71. The Balaban J connectivity index is 0.0000000913. The second-order valence-corrected chi connectivity index (χ2v) is 37.0. The highest BCUT2D eigenvalue weighted by atomic mass is 15.5. The van der Waals surface area contributed by atoms with Crippen LogP contribution in [0.2, 0.25) is 0 Å². The summed E-state index contributed by atoms with van der Waals surface area (Å²) in [5, 5.41) is 0. The lowest BCUT2D eigenvalue weighted by Gasteiger charge is -2.35. The predicted octanol–water partition coefficient (Wildman–Crippen LogP) is 23.3. The maximum Gasteiger partial charge on any atom is 0.417 e. The first kappa shape index (κ1) is 75.6. The largest absolute Gasteiger partial charge is 0.417 e. The molecule has 0 aliphatic carbocycles. The molecule has 18 heterocycles. The summed E-state index contributed by atoms with van der Waals surface area (Å²) >= 11 is 0. The molecule has 0 N–H and O–H groups in total. The van der Waals surface area contributed by atoms with Crippen molar-refractivity contribution in [3.8, 4) is 124 Å². The Morgan fingerprint density at radius 2 is 0.743 bits per heavy atom. The average molecular weight is 1810 g/mol. The van der Waals surface area contributed by atoms with Crippen molar-refractivity contribution >= 4 is 11.4 Å². The van der Waals surface area contributed by atoms with Crippen molar-refractivity contribution in [2.45, 2.75) is 63.4 Å². The summed E-state index contributed by atoms with van der Waals surface area (Å²) in [7, 11) is 0. The third-order valence-corrected chi connectivity index (χ3v) is 29.5. The van der Waals surface area contributed by atoms with Crippen molar-refractivity contribution < 1.29 is 46.1 Å². The molecule has 10 aliphatic heterocycles. The number of aromatic nitrogens is 9. The zero-order chi connectivity index (χ0) is 99.2. The highest BCUT2D eigenvalue weighted by Gasteiger charge is 2.70. The van der Waals surface area contributed by atoms with Gasteiger partial charge in [-0.3, -0.25) is 0 Å². The molecule has 0 fully saturated rings. The van der Waals surface area contributed by atoms with Gasteiger partial charge < -0.3 is 9.80 Å². The standard InChI is InChI=1S/2C30H22N2.C27H20N3.C18H14N.C12H11N2.C12H10N/c1-21-10-2-3-11-23(21)22-17-18-29-25-13-5-7-15-27(25)30(32(29)20-22)26-14-6-4-12-24(26)28-16-8-9-19-31(28)30;1-21-19-29-24-14-6-8-16-27(24)30(32(29)20-25(21)22-11-3-2-4-12-22)26-15-7-5-13-23(26)28-17-9-10-18-31(28)30;1-2-10-20(11-3-1)28-18-19-29-25-16-7-6-14-23(25)27(26(28)29)22-13-5-4-12-21(22)24-15-8-9-17-30(24)27;1-2-6-14(7-3-1)15-9-10-16-13-19-11-5-4-8-18(19)17(16)12-15;1-9-6-7-14-8-10-4-2-3-5-11(10)12(14)13-9;1-2-6-11-10(5-1)9-13-8-4-3-7-12(11)13/h2*2-20H,1H3;1-19,26H;1-12H,13H2;2-7H,8H2,1H3;1-8H,9H2/q2*+2;4*+1/i;;;;;1D,2D,3D,4D,5D,6D,7D. The number of pyridine rings is 7. The molecule has 21 aromatic rings. The zero-order valence-corrected chi connectivity index (χ0v) is 77.5. The number of para-hydroxylation sites is 2. The van der Waals surface area contributed by atoms with Gasteiger partial charge in [0.05, 0.1) is 71.6 Å². The SMILES string of the molecule is C1=CN2c3ccccc3C3(c4ccccc4-c4cccc[n+]43)C2N1c1ccccc1.Cc1cc2[n+](cc1-c1ccccc1)C1(c3ccccc3-c3cccc[n+]31)c1ccccc1-2.Cc1cc[n+]2c(n1)-c1ccccc1C2.Cc1ccccc1-c1ccc2[n+](c1)C1(c3ccccc3-c3cccc[n+]31)c1ccccc1-2.[2H]c1c[n+]2c(c([2H])c1[2H])-c1c([2H])c([2H])c([2H])c([2H])c1C2.c1ccc(-c2ccc3c(c2)-c2cccc[n+]2C3)cc1. The number of anilines is 2. The molecule has 0 saturated heterocycles. The van der Waals surface area contributed by atoms with Gasteiger partial charge in [-0.05, 0) is 186 Å². The fourth-order valence-electron chi connectivity index (χ4n) is 23.6. The van der Waals surface area contributed by atoms with Gasteiger partial charge in [-0.2, -0.15) is 13.7 Å². The van der Waals surface area contributed by atoms with Gasteiger partial charge >= 0.3 is 17.2 Å². The van der Waals surface area contributed by atoms with E-state index in [0.29, 0.717) is 5.56 Å². The quantitative estimate of drug-likeness (QED) is 0.165. The Labute approximate surface area is 825 Å². The molecule has 3 spiro atoms. The number of hydrogen-bond acceptors (Lipinski definition) is 3. The lowest BCUT2D eigenvalue weighted by atomic mass is 9.81. The number of rotatable bonds is 4. The van der Waals surface area contributed by atoms with Gasteiger partial charge in [-0.1, -0.05) is 230 Å². The first-order valence-electron chi connectivity index (χ1n) is 51.5. The summed E-state index contributed by atoms with van der Waals surface area (Å²) in [5.74, 6) is 1.10. The zero-order valence-electron chi connectivity index (χ0n) is 84.5. The first-order chi connectivity index (χ1) is 72.1.